The van der Waals surface area contributed by atoms with Crippen molar-refractivity contribution in [1.29, 1.82) is 0 Å². The Balaban J connectivity index is 4.15. The zero-order chi connectivity index (χ0) is 9.78. The summed E-state index contributed by atoms with van der Waals surface area (Å²) in [6.07, 6.45) is 0.596. The second kappa shape index (κ2) is 4.87. The summed E-state index contributed by atoms with van der Waals surface area (Å²) in [5, 5.41) is -0.730. The van der Waals surface area contributed by atoms with Gasteiger partial charge in [0.25, 0.3) is 0 Å². The standard InChI is InChI=1S/C7H14O3S2/c1-3-6(2)12(9,10)5-4-7(8)11/h6H,3-5H2,1-2H3,(H,8,11). The molecular formula is C7H14O3S2. The van der Waals surface area contributed by atoms with Gasteiger partial charge in [0.2, 0.25) is 0 Å². The third kappa shape index (κ3) is 4.11. The summed E-state index contributed by atoms with van der Waals surface area (Å²) in [5.41, 5.74) is 0. The first-order valence-corrected chi connectivity index (χ1v) is 5.99. The van der Waals surface area contributed by atoms with Crippen LogP contribution < -0.4 is 0 Å². The Labute approximate surface area is 78.9 Å². The average molecular weight is 210 g/mol. The molecule has 0 aromatic rings. The van der Waals surface area contributed by atoms with E-state index in [-0.39, 0.29) is 22.5 Å². The molecule has 0 aliphatic rings. The van der Waals surface area contributed by atoms with E-state index in [1.54, 1.807) is 6.92 Å². The van der Waals surface area contributed by atoms with Crippen molar-refractivity contribution >= 4 is 27.6 Å². The van der Waals surface area contributed by atoms with Crippen molar-refractivity contribution in [1.82, 2.24) is 0 Å². The van der Waals surface area contributed by atoms with Gasteiger partial charge in [0.1, 0.15) is 0 Å². The summed E-state index contributed by atoms with van der Waals surface area (Å²) in [7, 11) is -3.08. The zero-order valence-electron chi connectivity index (χ0n) is 7.28. The first-order valence-electron chi connectivity index (χ1n) is 3.83. The zero-order valence-corrected chi connectivity index (χ0v) is 8.99. The molecule has 0 radical (unpaired) electrons. The Bertz CT molecular complexity index is 243. The Hall–Kier alpha value is -0.0300. The largest absolute Gasteiger partial charge is 0.287 e. The lowest BCUT2D eigenvalue weighted by Gasteiger charge is -2.08. The highest BCUT2D eigenvalue weighted by molar-refractivity contribution is 7.97. The molecule has 0 aliphatic carbocycles. The molecule has 0 aromatic carbocycles. The monoisotopic (exact) mass is 210 g/mol. The molecule has 0 amide bonds. The van der Waals surface area contributed by atoms with Crippen LogP contribution in [0, 0.1) is 0 Å². The summed E-state index contributed by atoms with van der Waals surface area (Å²) in [6.45, 7) is 3.46. The van der Waals surface area contributed by atoms with Crippen molar-refractivity contribution < 1.29 is 13.2 Å². The van der Waals surface area contributed by atoms with Gasteiger partial charge in [0, 0.05) is 6.42 Å². The molecular weight excluding hydrogens is 196 g/mol. The number of carbonyl (C=O) groups is 1. The SMILES string of the molecule is CCC(C)S(=O)(=O)CCC(=O)S. The third-order valence-electron chi connectivity index (χ3n) is 1.79. The molecule has 1 atom stereocenters. The molecule has 1 unspecified atom stereocenters. The molecule has 5 heteroatoms. The molecule has 0 saturated carbocycles. The highest BCUT2D eigenvalue weighted by atomic mass is 32.2. The van der Waals surface area contributed by atoms with E-state index in [0.29, 0.717) is 6.42 Å². The van der Waals surface area contributed by atoms with Crippen LogP contribution in [0.15, 0.2) is 0 Å². The fourth-order valence-corrected chi connectivity index (χ4v) is 2.33. The molecule has 12 heavy (non-hydrogen) atoms. The van der Waals surface area contributed by atoms with Gasteiger partial charge in [-0.15, -0.1) is 12.6 Å². The van der Waals surface area contributed by atoms with Gasteiger partial charge in [0.05, 0.1) is 11.0 Å². The van der Waals surface area contributed by atoms with Crippen LogP contribution in [0.5, 0.6) is 0 Å². The Morgan fingerprint density at radius 1 is 1.50 bits per heavy atom. The van der Waals surface area contributed by atoms with Crippen LogP contribution in [0.1, 0.15) is 26.7 Å². The Morgan fingerprint density at radius 2 is 2.00 bits per heavy atom. The van der Waals surface area contributed by atoms with Crippen LogP contribution in [0.25, 0.3) is 0 Å². The average Bonchev–Trinajstić information content (AvgIpc) is 1.99. The molecule has 0 heterocycles. The van der Waals surface area contributed by atoms with E-state index in [9.17, 15) is 13.2 Å². The molecule has 0 bridgehead atoms. The predicted octanol–water partition coefficient (Wildman–Crippen LogP) is 1.05. The van der Waals surface area contributed by atoms with Gasteiger partial charge in [-0.2, -0.15) is 0 Å². The number of sulfone groups is 1. The molecule has 0 N–H and O–H groups in total. The van der Waals surface area contributed by atoms with Crippen LogP contribution in [-0.2, 0) is 14.6 Å². The molecule has 0 aromatic heterocycles. The molecule has 0 rings (SSSR count). The van der Waals surface area contributed by atoms with Crippen LogP contribution in [0.3, 0.4) is 0 Å². The van der Waals surface area contributed by atoms with E-state index in [0.717, 1.165) is 0 Å². The maximum absolute atomic E-state index is 11.3. The normalized spacial score (nSPS) is 14.2. The van der Waals surface area contributed by atoms with Crippen molar-refractivity contribution in [3.05, 3.63) is 0 Å². The van der Waals surface area contributed by atoms with Crippen molar-refractivity contribution in [2.24, 2.45) is 0 Å². The second-order valence-corrected chi connectivity index (χ2v) is 5.77. The second-order valence-electron chi connectivity index (χ2n) is 2.73. The smallest absolute Gasteiger partial charge is 0.186 e. The number of rotatable bonds is 5. The van der Waals surface area contributed by atoms with Crippen molar-refractivity contribution in [2.75, 3.05) is 5.75 Å². The molecule has 0 saturated heterocycles. The predicted molar refractivity (Wildman–Crippen MR) is 52.1 cm³/mol. The maximum Gasteiger partial charge on any atom is 0.186 e. The third-order valence-corrected chi connectivity index (χ3v) is 4.34. The van der Waals surface area contributed by atoms with Crippen molar-refractivity contribution in [3.63, 3.8) is 0 Å². The Kier molecular flexibility index (Phi) is 4.85. The first-order chi connectivity index (χ1) is 5.40. The van der Waals surface area contributed by atoms with Gasteiger partial charge < -0.3 is 0 Å². The fraction of sp³-hybridized carbons (Fsp3) is 0.857. The van der Waals surface area contributed by atoms with E-state index in [1.807, 2.05) is 6.92 Å². The first kappa shape index (κ1) is 12.0. The lowest BCUT2D eigenvalue weighted by atomic mass is 10.4. The summed E-state index contributed by atoms with van der Waals surface area (Å²) >= 11 is 3.50. The fourth-order valence-electron chi connectivity index (χ4n) is 0.685. The number of hydrogen-bond donors (Lipinski definition) is 1. The van der Waals surface area contributed by atoms with Crippen LogP contribution in [0.4, 0.5) is 0 Å². The molecule has 72 valence electrons. The lowest BCUT2D eigenvalue weighted by Crippen LogP contribution is -2.21. The van der Waals surface area contributed by atoms with Gasteiger partial charge in [-0.25, -0.2) is 8.42 Å². The summed E-state index contributed by atoms with van der Waals surface area (Å²) in [4.78, 5) is 10.4. The van der Waals surface area contributed by atoms with E-state index < -0.39 is 9.84 Å². The van der Waals surface area contributed by atoms with Crippen molar-refractivity contribution in [2.45, 2.75) is 31.9 Å². The molecule has 0 spiro atoms. The van der Waals surface area contributed by atoms with E-state index in [1.165, 1.54) is 0 Å². The van der Waals surface area contributed by atoms with Crippen LogP contribution in [0.2, 0.25) is 0 Å². The summed E-state index contributed by atoms with van der Waals surface area (Å²) in [5.74, 6) is -0.0790. The van der Waals surface area contributed by atoms with E-state index in [2.05, 4.69) is 12.6 Å². The maximum atomic E-state index is 11.3. The number of hydrogen-bond acceptors (Lipinski definition) is 3. The van der Waals surface area contributed by atoms with Gasteiger partial charge in [-0.05, 0) is 13.3 Å². The quantitative estimate of drug-likeness (QED) is 0.690. The minimum Gasteiger partial charge on any atom is -0.287 e. The molecule has 0 fully saturated rings. The van der Waals surface area contributed by atoms with Gasteiger partial charge in [-0.3, -0.25) is 4.79 Å². The topological polar surface area (TPSA) is 51.2 Å². The highest BCUT2D eigenvalue weighted by Crippen LogP contribution is 2.07. The van der Waals surface area contributed by atoms with Gasteiger partial charge >= 0.3 is 0 Å². The number of thiol groups is 1. The van der Waals surface area contributed by atoms with E-state index >= 15 is 0 Å². The highest BCUT2D eigenvalue weighted by Gasteiger charge is 2.18. The number of carbonyl (C=O) groups excluding carboxylic acids is 1. The van der Waals surface area contributed by atoms with Gasteiger partial charge in [0.15, 0.2) is 15.0 Å². The van der Waals surface area contributed by atoms with Crippen LogP contribution >= 0.6 is 12.6 Å². The molecule has 3 nitrogen and oxygen atoms in total. The summed E-state index contributed by atoms with van der Waals surface area (Å²) in [6, 6.07) is 0. The molecule has 0 aliphatic heterocycles. The minimum absolute atomic E-state index is 0.00971. The summed E-state index contributed by atoms with van der Waals surface area (Å²) < 4.78 is 22.6. The van der Waals surface area contributed by atoms with Crippen LogP contribution in [-0.4, -0.2) is 24.5 Å². The van der Waals surface area contributed by atoms with E-state index in [4.69, 9.17) is 0 Å². The minimum atomic E-state index is -3.08. The Morgan fingerprint density at radius 3 is 2.33 bits per heavy atom. The van der Waals surface area contributed by atoms with Crippen molar-refractivity contribution in [3.8, 4) is 0 Å². The lowest BCUT2D eigenvalue weighted by molar-refractivity contribution is -0.110. The van der Waals surface area contributed by atoms with Gasteiger partial charge in [-0.1, -0.05) is 6.92 Å².